The standard InChI is InChI=1S/C17H25FN2/c1-13-4-5-16(18)11-15(13)12-20-9-6-14(7-10-20)17-3-2-8-19-17/h4-5,11,14,17,19H,2-3,6-10,12H2,1H3. The minimum Gasteiger partial charge on any atom is -0.314 e. The van der Waals surface area contributed by atoms with Gasteiger partial charge in [0.15, 0.2) is 0 Å². The van der Waals surface area contributed by atoms with Gasteiger partial charge in [-0.3, -0.25) is 4.90 Å². The molecule has 2 fully saturated rings. The Kier molecular flexibility index (Phi) is 4.37. The Bertz CT molecular complexity index is 446. The lowest BCUT2D eigenvalue weighted by Crippen LogP contribution is -2.40. The van der Waals surface area contributed by atoms with Crippen molar-refractivity contribution >= 4 is 0 Å². The molecule has 0 aliphatic carbocycles. The summed E-state index contributed by atoms with van der Waals surface area (Å²) in [5.74, 6) is 0.734. The summed E-state index contributed by atoms with van der Waals surface area (Å²) in [6.45, 7) is 6.48. The Balaban J connectivity index is 1.54. The van der Waals surface area contributed by atoms with Crippen LogP contribution in [0.2, 0.25) is 0 Å². The molecule has 0 radical (unpaired) electrons. The number of aryl methyl sites for hydroxylation is 1. The largest absolute Gasteiger partial charge is 0.314 e. The number of nitrogens with zero attached hydrogens (tertiary/aromatic N) is 1. The summed E-state index contributed by atoms with van der Waals surface area (Å²) in [6.07, 6.45) is 5.26. The average Bonchev–Trinajstić information content (AvgIpc) is 2.98. The summed E-state index contributed by atoms with van der Waals surface area (Å²) in [7, 11) is 0. The summed E-state index contributed by atoms with van der Waals surface area (Å²) < 4.78 is 13.3. The molecule has 3 rings (SSSR count). The maximum absolute atomic E-state index is 13.3. The van der Waals surface area contributed by atoms with Gasteiger partial charge in [0.25, 0.3) is 0 Å². The van der Waals surface area contributed by atoms with Gasteiger partial charge < -0.3 is 5.32 Å². The molecular formula is C17H25FN2. The van der Waals surface area contributed by atoms with Crippen LogP contribution in [-0.2, 0) is 6.54 Å². The van der Waals surface area contributed by atoms with Crippen molar-refractivity contribution in [1.82, 2.24) is 10.2 Å². The number of nitrogens with one attached hydrogen (secondary N) is 1. The highest BCUT2D eigenvalue weighted by atomic mass is 19.1. The summed E-state index contributed by atoms with van der Waals surface area (Å²) >= 11 is 0. The second-order valence-corrected chi connectivity index (χ2v) is 6.39. The van der Waals surface area contributed by atoms with Crippen LogP contribution in [0, 0.1) is 18.7 Å². The van der Waals surface area contributed by atoms with E-state index in [1.165, 1.54) is 37.8 Å². The molecule has 0 amide bonds. The fraction of sp³-hybridized carbons (Fsp3) is 0.647. The normalized spacial score (nSPS) is 25.2. The van der Waals surface area contributed by atoms with Gasteiger partial charge in [-0.1, -0.05) is 6.07 Å². The van der Waals surface area contributed by atoms with Crippen LogP contribution in [0.5, 0.6) is 0 Å². The Morgan fingerprint density at radius 2 is 2.05 bits per heavy atom. The molecule has 1 unspecified atom stereocenters. The van der Waals surface area contributed by atoms with E-state index >= 15 is 0 Å². The molecule has 2 aliphatic heterocycles. The quantitative estimate of drug-likeness (QED) is 0.912. The molecule has 1 atom stereocenters. The molecule has 1 aromatic carbocycles. The Morgan fingerprint density at radius 1 is 1.25 bits per heavy atom. The molecular weight excluding hydrogens is 251 g/mol. The highest BCUT2D eigenvalue weighted by molar-refractivity contribution is 5.26. The molecule has 0 bridgehead atoms. The Labute approximate surface area is 121 Å². The number of hydrogen-bond acceptors (Lipinski definition) is 2. The van der Waals surface area contributed by atoms with Gasteiger partial charge in [-0.05, 0) is 81.4 Å². The first kappa shape index (κ1) is 14.0. The van der Waals surface area contributed by atoms with Gasteiger partial charge in [-0.15, -0.1) is 0 Å². The van der Waals surface area contributed by atoms with E-state index in [0.717, 1.165) is 37.2 Å². The highest BCUT2D eigenvalue weighted by Gasteiger charge is 2.28. The van der Waals surface area contributed by atoms with Crippen molar-refractivity contribution in [3.05, 3.63) is 35.1 Å². The molecule has 1 aromatic rings. The van der Waals surface area contributed by atoms with Crippen molar-refractivity contribution in [2.75, 3.05) is 19.6 Å². The molecule has 0 spiro atoms. The van der Waals surface area contributed by atoms with E-state index in [9.17, 15) is 4.39 Å². The fourth-order valence-corrected chi connectivity index (χ4v) is 3.68. The number of likely N-dealkylation sites (tertiary alicyclic amines) is 1. The van der Waals surface area contributed by atoms with Gasteiger partial charge in [0, 0.05) is 12.6 Å². The van der Waals surface area contributed by atoms with E-state index in [0.29, 0.717) is 0 Å². The first-order valence-corrected chi connectivity index (χ1v) is 7.93. The van der Waals surface area contributed by atoms with Crippen LogP contribution in [0.1, 0.15) is 36.8 Å². The maximum atomic E-state index is 13.3. The predicted octanol–water partition coefficient (Wildman–Crippen LogP) is 3.10. The zero-order chi connectivity index (χ0) is 13.9. The van der Waals surface area contributed by atoms with Crippen molar-refractivity contribution in [3.63, 3.8) is 0 Å². The van der Waals surface area contributed by atoms with Crippen molar-refractivity contribution in [1.29, 1.82) is 0 Å². The maximum Gasteiger partial charge on any atom is 0.123 e. The first-order valence-electron chi connectivity index (χ1n) is 7.93. The number of halogens is 1. The monoisotopic (exact) mass is 276 g/mol. The molecule has 1 N–H and O–H groups in total. The van der Waals surface area contributed by atoms with Crippen LogP contribution < -0.4 is 5.32 Å². The third-order valence-electron chi connectivity index (χ3n) is 5.00. The van der Waals surface area contributed by atoms with Crippen LogP contribution in [0.25, 0.3) is 0 Å². The second kappa shape index (κ2) is 6.23. The molecule has 2 saturated heterocycles. The van der Waals surface area contributed by atoms with E-state index in [-0.39, 0.29) is 5.82 Å². The van der Waals surface area contributed by atoms with Gasteiger partial charge >= 0.3 is 0 Å². The fourth-order valence-electron chi connectivity index (χ4n) is 3.68. The number of rotatable bonds is 3. The molecule has 2 nitrogen and oxygen atoms in total. The van der Waals surface area contributed by atoms with Crippen molar-refractivity contribution in [2.45, 2.75) is 45.2 Å². The predicted molar refractivity (Wildman–Crippen MR) is 80.2 cm³/mol. The van der Waals surface area contributed by atoms with Crippen LogP contribution >= 0.6 is 0 Å². The highest BCUT2D eigenvalue weighted by Crippen LogP contribution is 2.26. The average molecular weight is 276 g/mol. The molecule has 2 aliphatic rings. The van der Waals surface area contributed by atoms with Gasteiger partial charge in [0.2, 0.25) is 0 Å². The smallest absolute Gasteiger partial charge is 0.123 e. The minimum absolute atomic E-state index is 0.115. The Morgan fingerprint density at radius 3 is 2.75 bits per heavy atom. The first-order chi connectivity index (χ1) is 9.72. The SMILES string of the molecule is Cc1ccc(F)cc1CN1CCC(C2CCCN2)CC1. The Hall–Kier alpha value is -0.930. The lowest BCUT2D eigenvalue weighted by molar-refractivity contribution is 0.157. The van der Waals surface area contributed by atoms with E-state index < -0.39 is 0 Å². The van der Waals surface area contributed by atoms with Gasteiger partial charge in [-0.2, -0.15) is 0 Å². The van der Waals surface area contributed by atoms with E-state index in [4.69, 9.17) is 0 Å². The molecule has 110 valence electrons. The van der Waals surface area contributed by atoms with E-state index in [2.05, 4.69) is 17.1 Å². The third-order valence-corrected chi connectivity index (χ3v) is 5.00. The minimum atomic E-state index is -0.115. The van der Waals surface area contributed by atoms with Crippen molar-refractivity contribution in [2.24, 2.45) is 5.92 Å². The van der Waals surface area contributed by atoms with Crippen LogP contribution in [0.3, 0.4) is 0 Å². The van der Waals surface area contributed by atoms with Gasteiger partial charge in [-0.25, -0.2) is 4.39 Å². The second-order valence-electron chi connectivity index (χ2n) is 6.39. The van der Waals surface area contributed by atoms with Crippen molar-refractivity contribution in [3.8, 4) is 0 Å². The number of hydrogen-bond donors (Lipinski definition) is 1. The summed E-state index contributed by atoms with van der Waals surface area (Å²) in [5.41, 5.74) is 2.34. The summed E-state index contributed by atoms with van der Waals surface area (Å²) in [5, 5.41) is 3.64. The summed E-state index contributed by atoms with van der Waals surface area (Å²) in [6, 6.07) is 5.89. The number of piperidine rings is 1. The zero-order valence-corrected chi connectivity index (χ0v) is 12.4. The van der Waals surface area contributed by atoms with E-state index in [1.807, 2.05) is 6.07 Å². The molecule has 0 saturated carbocycles. The lowest BCUT2D eigenvalue weighted by Gasteiger charge is -2.35. The van der Waals surface area contributed by atoms with Gasteiger partial charge in [0.1, 0.15) is 5.82 Å². The third kappa shape index (κ3) is 3.21. The van der Waals surface area contributed by atoms with Crippen LogP contribution in [-0.4, -0.2) is 30.6 Å². The molecule has 3 heteroatoms. The lowest BCUT2D eigenvalue weighted by atomic mass is 9.88. The van der Waals surface area contributed by atoms with Crippen LogP contribution in [0.4, 0.5) is 4.39 Å². The molecule has 20 heavy (non-hydrogen) atoms. The van der Waals surface area contributed by atoms with Crippen molar-refractivity contribution < 1.29 is 4.39 Å². The molecule has 2 heterocycles. The van der Waals surface area contributed by atoms with Crippen LogP contribution in [0.15, 0.2) is 18.2 Å². The van der Waals surface area contributed by atoms with Gasteiger partial charge in [0.05, 0.1) is 0 Å². The molecule has 0 aromatic heterocycles. The van der Waals surface area contributed by atoms with E-state index in [1.54, 1.807) is 12.1 Å². The number of benzene rings is 1. The summed E-state index contributed by atoms with van der Waals surface area (Å²) in [4.78, 5) is 2.48. The topological polar surface area (TPSA) is 15.3 Å². The zero-order valence-electron chi connectivity index (χ0n) is 12.4.